The zero-order valence-corrected chi connectivity index (χ0v) is 12.4. The first-order valence-electron chi connectivity index (χ1n) is 6.76. The van der Waals surface area contributed by atoms with Gasteiger partial charge in [-0.25, -0.2) is 0 Å². The van der Waals surface area contributed by atoms with Crippen molar-refractivity contribution in [3.8, 4) is 0 Å². The van der Waals surface area contributed by atoms with Gasteiger partial charge in [0.2, 0.25) is 5.91 Å². The summed E-state index contributed by atoms with van der Waals surface area (Å²) < 4.78 is 0. The molecule has 5 heteroatoms. The monoisotopic (exact) mass is 296 g/mol. The molecule has 1 aliphatic heterocycles. The maximum Gasteiger partial charge on any atom is 0.239 e. The predicted molar refractivity (Wildman–Crippen MR) is 79.7 cm³/mol. The molecule has 0 saturated carbocycles. The van der Waals surface area contributed by atoms with Crippen LogP contribution in [0, 0.1) is 12.3 Å². The Hall–Kier alpha value is -1.10. The van der Waals surface area contributed by atoms with Crippen molar-refractivity contribution in [2.75, 3.05) is 25.6 Å². The molecule has 110 valence electrons. The fourth-order valence-electron chi connectivity index (χ4n) is 2.45. The molecule has 1 aromatic rings. The summed E-state index contributed by atoms with van der Waals surface area (Å²) in [5.74, 6) is 0.292. The molecule has 4 nitrogen and oxygen atoms in total. The van der Waals surface area contributed by atoms with E-state index in [1.54, 1.807) is 4.90 Å². The number of rotatable bonds is 5. The van der Waals surface area contributed by atoms with Crippen molar-refractivity contribution in [3.63, 3.8) is 0 Å². The molecule has 1 aliphatic rings. The average Bonchev–Trinajstić information content (AvgIpc) is 2.41. The van der Waals surface area contributed by atoms with Crippen LogP contribution in [-0.4, -0.2) is 47.5 Å². The predicted octanol–water partition coefficient (Wildman–Crippen LogP) is 0.925. The van der Waals surface area contributed by atoms with Gasteiger partial charge in [-0.2, -0.15) is 0 Å². The van der Waals surface area contributed by atoms with Crippen LogP contribution in [0.15, 0.2) is 24.3 Å². The van der Waals surface area contributed by atoms with Gasteiger partial charge in [0.05, 0.1) is 12.6 Å². The largest absolute Gasteiger partial charge is 0.396 e. The number of hydrogen-bond donors (Lipinski definition) is 2. The molecule has 1 atom stereocenters. The van der Waals surface area contributed by atoms with Crippen molar-refractivity contribution in [1.29, 1.82) is 0 Å². The molecule has 0 radical (unpaired) electrons. The minimum Gasteiger partial charge on any atom is -0.396 e. The van der Waals surface area contributed by atoms with Crippen LogP contribution >= 0.6 is 11.6 Å². The third-order valence-corrected chi connectivity index (χ3v) is 4.44. The molecule has 1 fully saturated rings. The van der Waals surface area contributed by atoms with Gasteiger partial charge in [0.15, 0.2) is 0 Å². The van der Waals surface area contributed by atoms with Crippen LogP contribution in [0.2, 0.25) is 0 Å². The van der Waals surface area contributed by atoms with Gasteiger partial charge in [0.25, 0.3) is 0 Å². The van der Waals surface area contributed by atoms with Crippen LogP contribution in [-0.2, 0) is 11.2 Å². The third-order valence-electron chi connectivity index (χ3n) is 3.88. The normalized spacial score (nSPS) is 18.5. The van der Waals surface area contributed by atoms with Gasteiger partial charge < -0.3 is 15.7 Å². The number of nitrogens with zero attached hydrogens (tertiary/aromatic N) is 1. The molecule has 3 N–H and O–H groups in total. The lowest BCUT2D eigenvalue weighted by Crippen LogP contribution is -2.64. The molecule has 0 spiro atoms. The highest BCUT2D eigenvalue weighted by Gasteiger charge is 2.45. The molecule has 20 heavy (non-hydrogen) atoms. The van der Waals surface area contributed by atoms with Crippen molar-refractivity contribution in [1.82, 2.24) is 4.90 Å². The Balaban J connectivity index is 1.89. The Morgan fingerprint density at radius 1 is 1.45 bits per heavy atom. The topological polar surface area (TPSA) is 66.6 Å². The molecule has 0 bridgehead atoms. The van der Waals surface area contributed by atoms with Crippen LogP contribution in [0.3, 0.4) is 0 Å². The van der Waals surface area contributed by atoms with Gasteiger partial charge in [0.1, 0.15) is 0 Å². The van der Waals surface area contributed by atoms with Gasteiger partial charge in [-0.1, -0.05) is 29.8 Å². The molecule has 1 saturated heterocycles. The summed E-state index contributed by atoms with van der Waals surface area (Å²) in [6, 6.07) is 7.48. The molecule has 0 aliphatic carbocycles. The van der Waals surface area contributed by atoms with Gasteiger partial charge in [-0.05, 0) is 18.9 Å². The highest BCUT2D eigenvalue weighted by atomic mass is 35.5. The highest BCUT2D eigenvalue weighted by molar-refractivity contribution is 6.18. The van der Waals surface area contributed by atoms with E-state index in [1.807, 2.05) is 31.2 Å². The summed E-state index contributed by atoms with van der Waals surface area (Å²) in [6.07, 6.45) is 0.530. The van der Waals surface area contributed by atoms with Crippen LogP contribution in [0.5, 0.6) is 0 Å². The SMILES string of the molecule is Cc1ccc(CC(N)C(=O)N2CC(CO)(CCl)C2)cc1. The number of aliphatic hydroxyl groups is 1. The lowest BCUT2D eigenvalue weighted by atomic mass is 9.82. The molecule has 1 unspecified atom stereocenters. The second-order valence-electron chi connectivity index (χ2n) is 5.78. The van der Waals surface area contributed by atoms with Gasteiger partial charge in [-0.3, -0.25) is 4.79 Å². The van der Waals surface area contributed by atoms with Gasteiger partial charge in [0, 0.05) is 24.4 Å². The van der Waals surface area contributed by atoms with Crippen LogP contribution in [0.4, 0.5) is 0 Å². The second-order valence-corrected chi connectivity index (χ2v) is 6.05. The summed E-state index contributed by atoms with van der Waals surface area (Å²) >= 11 is 5.83. The summed E-state index contributed by atoms with van der Waals surface area (Å²) in [5.41, 5.74) is 7.89. The Labute approximate surface area is 124 Å². The summed E-state index contributed by atoms with van der Waals surface area (Å²) in [5, 5.41) is 9.28. The molecule has 0 aromatic heterocycles. The number of amides is 1. The first kappa shape index (κ1) is 15.3. The third kappa shape index (κ3) is 3.14. The maximum atomic E-state index is 12.2. The number of aryl methyl sites for hydroxylation is 1. The molecular weight excluding hydrogens is 276 g/mol. The summed E-state index contributed by atoms with van der Waals surface area (Å²) in [4.78, 5) is 13.9. The van der Waals surface area contributed by atoms with Crippen molar-refractivity contribution in [2.45, 2.75) is 19.4 Å². The fourth-order valence-corrected chi connectivity index (χ4v) is 2.70. The summed E-state index contributed by atoms with van der Waals surface area (Å²) in [7, 11) is 0. The van der Waals surface area contributed by atoms with Crippen molar-refractivity contribution in [2.24, 2.45) is 11.1 Å². The standard InChI is InChI=1S/C15H21ClN2O2/c1-11-2-4-12(5-3-11)6-13(17)14(20)18-8-15(7-16,9-18)10-19/h2-5,13,19H,6-10,17H2,1H3. The molecular formula is C15H21ClN2O2. The van der Waals surface area contributed by atoms with Gasteiger partial charge >= 0.3 is 0 Å². The first-order valence-corrected chi connectivity index (χ1v) is 7.30. The zero-order chi connectivity index (χ0) is 14.8. The zero-order valence-electron chi connectivity index (χ0n) is 11.7. The number of carbonyl (C=O) groups is 1. The Morgan fingerprint density at radius 3 is 2.55 bits per heavy atom. The number of likely N-dealkylation sites (tertiary alicyclic amines) is 1. The van der Waals surface area contributed by atoms with Crippen molar-refractivity contribution < 1.29 is 9.90 Å². The van der Waals surface area contributed by atoms with E-state index in [0.29, 0.717) is 25.4 Å². The van der Waals surface area contributed by atoms with Gasteiger partial charge in [-0.15, -0.1) is 11.6 Å². The Kier molecular flexibility index (Phi) is 4.68. The average molecular weight is 297 g/mol. The van der Waals surface area contributed by atoms with E-state index >= 15 is 0 Å². The molecule has 1 heterocycles. The second kappa shape index (κ2) is 6.12. The fraction of sp³-hybridized carbons (Fsp3) is 0.533. The minimum atomic E-state index is -0.537. The highest BCUT2D eigenvalue weighted by Crippen LogP contribution is 2.31. The molecule has 2 rings (SSSR count). The quantitative estimate of drug-likeness (QED) is 0.794. The van der Waals surface area contributed by atoms with Crippen molar-refractivity contribution >= 4 is 17.5 Å². The van der Waals surface area contributed by atoms with E-state index in [0.717, 1.165) is 5.56 Å². The number of nitrogens with two attached hydrogens (primary N) is 1. The molecule has 1 aromatic carbocycles. The van der Waals surface area contributed by atoms with E-state index in [9.17, 15) is 9.90 Å². The summed E-state index contributed by atoms with van der Waals surface area (Å²) in [6.45, 7) is 3.02. The number of benzene rings is 1. The van der Waals surface area contributed by atoms with E-state index in [-0.39, 0.29) is 17.9 Å². The smallest absolute Gasteiger partial charge is 0.239 e. The first-order chi connectivity index (χ1) is 9.49. The van der Waals surface area contributed by atoms with E-state index in [4.69, 9.17) is 17.3 Å². The van der Waals surface area contributed by atoms with E-state index < -0.39 is 6.04 Å². The van der Waals surface area contributed by atoms with Crippen LogP contribution in [0.25, 0.3) is 0 Å². The number of hydrogen-bond acceptors (Lipinski definition) is 3. The number of aliphatic hydroxyl groups excluding tert-OH is 1. The Bertz CT molecular complexity index is 463. The van der Waals surface area contributed by atoms with E-state index in [2.05, 4.69) is 0 Å². The Morgan fingerprint density at radius 2 is 2.05 bits per heavy atom. The van der Waals surface area contributed by atoms with Crippen LogP contribution in [0.1, 0.15) is 11.1 Å². The van der Waals surface area contributed by atoms with E-state index in [1.165, 1.54) is 5.56 Å². The number of carbonyl (C=O) groups excluding carboxylic acids is 1. The van der Waals surface area contributed by atoms with Crippen molar-refractivity contribution in [3.05, 3.63) is 35.4 Å². The number of halogens is 1. The molecule has 1 amide bonds. The number of alkyl halides is 1. The lowest BCUT2D eigenvalue weighted by molar-refractivity contribution is -0.145. The maximum absolute atomic E-state index is 12.2. The lowest BCUT2D eigenvalue weighted by Gasteiger charge is -2.48. The minimum absolute atomic E-state index is 0.00742. The van der Waals surface area contributed by atoms with Crippen LogP contribution < -0.4 is 5.73 Å².